The molecule has 1 aliphatic heterocycles. The van der Waals surface area contributed by atoms with E-state index >= 15 is 0 Å². The second-order valence-corrected chi connectivity index (χ2v) is 10.2. The number of carbonyl (C=O) groups excluding carboxylic acids is 1. The van der Waals surface area contributed by atoms with Gasteiger partial charge in [0.15, 0.2) is 5.11 Å². The van der Waals surface area contributed by atoms with E-state index in [0.29, 0.717) is 5.11 Å². The van der Waals surface area contributed by atoms with Crippen molar-refractivity contribution < 1.29 is 4.79 Å². The number of hydrogen-bond acceptors (Lipinski definition) is 3. The van der Waals surface area contributed by atoms with Crippen LogP contribution in [0.1, 0.15) is 41.7 Å². The maximum absolute atomic E-state index is 11.5. The fourth-order valence-electron chi connectivity index (χ4n) is 4.93. The fraction of sp³-hybridized carbons (Fsp3) is 0.179. The van der Waals surface area contributed by atoms with Crippen molar-refractivity contribution in [2.45, 2.75) is 32.9 Å². The number of nitrogens with one attached hydrogen (secondary N) is 2. The largest absolute Gasteiger partial charge is 0.351 e. The van der Waals surface area contributed by atoms with Crippen LogP contribution in [0.2, 0.25) is 0 Å². The average Bonchev–Trinajstić information content (AvgIpc) is 3.35. The van der Waals surface area contributed by atoms with Crippen molar-refractivity contribution in [1.82, 2.24) is 14.9 Å². The van der Waals surface area contributed by atoms with E-state index in [-0.39, 0.29) is 18.0 Å². The molecule has 1 fully saturated rings. The number of aromatic nitrogens is 2. The van der Waals surface area contributed by atoms with Gasteiger partial charge in [0, 0.05) is 46.0 Å². The summed E-state index contributed by atoms with van der Waals surface area (Å²) in [6.07, 6.45) is 1.81. The minimum absolute atomic E-state index is 0.102. The summed E-state index contributed by atoms with van der Waals surface area (Å²) in [5, 5.41) is 6.99. The smallest absolute Gasteiger partial charge is 0.221 e. The molecule has 0 saturated carbocycles. The van der Waals surface area contributed by atoms with E-state index in [1.165, 1.54) is 12.5 Å². The highest BCUT2D eigenvalue weighted by Gasteiger charge is 2.42. The van der Waals surface area contributed by atoms with Gasteiger partial charge < -0.3 is 20.1 Å². The Morgan fingerprint density at radius 3 is 2.36 bits per heavy atom. The lowest BCUT2D eigenvalue weighted by molar-refractivity contribution is -0.114. The van der Waals surface area contributed by atoms with Gasteiger partial charge in [-0.2, -0.15) is 0 Å². The van der Waals surface area contributed by atoms with E-state index in [4.69, 9.17) is 12.2 Å². The maximum Gasteiger partial charge on any atom is 0.221 e. The van der Waals surface area contributed by atoms with Gasteiger partial charge in [0.05, 0.1) is 17.8 Å². The number of pyridine rings is 1. The molecule has 4 aromatic rings. The maximum atomic E-state index is 11.5. The normalized spacial score (nSPS) is 17.2. The molecule has 2 aromatic heterocycles. The number of rotatable bonds is 5. The first kappa shape index (κ1) is 24.2. The number of amides is 1. The summed E-state index contributed by atoms with van der Waals surface area (Å²) in [5.74, 6) is -0.102. The lowest BCUT2D eigenvalue weighted by Gasteiger charge is -2.28. The predicted octanol–water partition coefficient (Wildman–Crippen LogP) is 6.39. The Kier molecular flexibility index (Phi) is 6.64. The van der Waals surface area contributed by atoms with Crippen LogP contribution in [0, 0.1) is 13.8 Å². The second-order valence-electron chi connectivity index (χ2n) is 8.86. The molecule has 0 aliphatic carbocycles. The lowest BCUT2D eigenvalue weighted by atomic mass is 9.96. The third-order valence-corrected chi connectivity index (χ3v) is 7.28. The van der Waals surface area contributed by atoms with Gasteiger partial charge in [0.2, 0.25) is 5.91 Å². The topological polar surface area (TPSA) is 62.2 Å². The SMILES string of the molecule is CC(=O)Nc1ccc(N2C(=S)NC(c3ccccn3)C2c2cc(C)n(-c3ccc(Br)cc3)c2C)cc1. The standard InChI is InChI=1S/C28H26BrN5OS/c1-17-16-24(18(2)33(17)22-11-7-20(29)8-12-22)27-26(25-6-4-5-15-30-25)32-28(36)34(27)23-13-9-21(10-14-23)31-19(3)35/h4-16,26-27H,1-3H3,(H,31,35)(H,32,36). The molecular weight excluding hydrogens is 534 g/mol. The van der Waals surface area contributed by atoms with E-state index in [2.05, 4.69) is 85.2 Å². The molecule has 0 bridgehead atoms. The van der Waals surface area contributed by atoms with Crippen LogP contribution in [0.15, 0.2) is 83.5 Å². The third kappa shape index (κ3) is 4.54. The Bertz CT molecular complexity index is 1420. The first-order valence-corrected chi connectivity index (χ1v) is 12.9. The molecule has 1 aliphatic rings. The van der Waals surface area contributed by atoms with E-state index in [1.807, 2.05) is 48.7 Å². The number of halogens is 1. The Hall–Kier alpha value is -3.49. The molecule has 8 heteroatoms. The minimum atomic E-state index is -0.132. The van der Waals surface area contributed by atoms with E-state index in [9.17, 15) is 4.79 Å². The van der Waals surface area contributed by atoms with E-state index in [0.717, 1.165) is 38.6 Å². The van der Waals surface area contributed by atoms with Crippen molar-refractivity contribution in [2.75, 3.05) is 10.2 Å². The molecular formula is C28H26BrN5OS. The van der Waals surface area contributed by atoms with Crippen LogP contribution < -0.4 is 15.5 Å². The molecule has 2 atom stereocenters. The van der Waals surface area contributed by atoms with Gasteiger partial charge in [0.1, 0.15) is 0 Å². The van der Waals surface area contributed by atoms with Gasteiger partial charge >= 0.3 is 0 Å². The summed E-state index contributed by atoms with van der Waals surface area (Å²) in [4.78, 5) is 18.3. The zero-order valence-corrected chi connectivity index (χ0v) is 22.6. The van der Waals surface area contributed by atoms with Crippen molar-refractivity contribution in [3.05, 3.63) is 106 Å². The van der Waals surface area contributed by atoms with Gasteiger partial charge in [-0.05, 0) is 98.4 Å². The van der Waals surface area contributed by atoms with Crippen molar-refractivity contribution in [3.8, 4) is 5.69 Å². The summed E-state index contributed by atoms with van der Waals surface area (Å²) < 4.78 is 3.32. The number of nitrogens with zero attached hydrogens (tertiary/aromatic N) is 3. The Morgan fingerprint density at radius 2 is 1.72 bits per heavy atom. The zero-order valence-electron chi connectivity index (χ0n) is 20.2. The molecule has 2 unspecified atom stereocenters. The number of thiocarbonyl (C=S) groups is 1. The molecule has 1 saturated heterocycles. The Balaban J connectivity index is 1.62. The molecule has 5 rings (SSSR count). The lowest BCUT2D eigenvalue weighted by Crippen LogP contribution is -2.29. The number of anilines is 2. The van der Waals surface area contributed by atoms with Gasteiger partial charge in [-0.1, -0.05) is 22.0 Å². The number of carbonyl (C=O) groups is 1. The molecule has 182 valence electrons. The summed E-state index contributed by atoms with van der Waals surface area (Å²) in [6, 6.07) is 24.1. The van der Waals surface area contributed by atoms with Crippen molar-refractivity contribution in [3.63, 3.8) is 0 Å². The summed E-state index contributed by atoms with van der Waals surface area (Å²) in [5.41, 5.74) is 7.18. The van der Waals surface area contributed by atoms with Crippen molar-refractivity contribution in [2.24, 2.45) is 0 Å². The highest BCUT2D eigenvalue weighted by Crippen LogP contribution is 2.44. The van der Waals surface area contributed by atoms with Crippen LogP contribution in [-0.4, -0.2) is 20.6 Å². The highest BCUT2D eigenvalue weighted by atomic mass is 79.9. The highest BCUT2D eigenvalue weighted by molar-refractivity contribution is 9.10. The van der Waals surface area contributed by atoms with Crippen molar-refractivity contribution in [1.29, 1.82) is 0 Å². The van der Waals surface area contributed by atoms with Gasteiger partial charge in [-0.15, -0.1) is 0 Å². The minimum Gasteiger partial charge on any atom is -0.351 e. The summed E-state index contributed by atoms with van der Waals surface area (Å²) in [6.45, 7) is 5.78. The van der Waals surface area contributed by atoms with E-state index < -0.39 is 0 Å². The molecule has 0 radical (unpaired) electrons. The summed E-state index contributed by atoms with van der Waals surface area (Å²) >= 11 is 9.41. The Morgan fingerprint density at radius 1 is 1.03 bits per heavy atom. The first-order chi connectivity index (χ1) is 17.3. The number of hydrogen-bond donors (Lipinski definition) is 2. The molecule has 3 heterocycles. The van der Waals surface area contributed by atoms with Gasteiger partial charge in [0.25, 0.3) is 0 Å². The van der Waals surface area contributed by atoms with Crippen LogP contribution >= 0.6 is 28.1 Å². The molecule has 0 spiro atoms. The third-order valence-electron chi connectivity index (χ3n) is 6.44. The first-order valence-electron chi connectivity index (χ1n) is 11.7. The van der Waals surface area contributed by atoms with Crippen LogP contribution in [0.5, 0.6) is 0 Å². The van der Waals surface area contributed by atoms with Crippen LogP contribution in [0.25, 0.3) is 5.69 Å². The van der Waals surface area contributed by atoms with Gasteiger partial charge in [-0.3, -0.25) is 9.78 Å². The molecule has 2 aromatic carbocycles. The number of benzene rings is 2. The predicted molar refractivity (Wildman–Crippen MR) is 152 cm³/mol. The van der Waals surface area contributed by atoms with Gasteiger partial charge in [-0.25, -0.2) is 0 Å². The average molecular weight is 561 g/mol. The zero-order chi connectivity index (χ0) is 25.4. The molecule has 6 nitrogen and oxygen atoms in total. The summed E-state index contributed by atoms with van der Waals surface area (Å²) in [7, 11) is 0. The van der Waals surface area contributed by atoms with Crippen LogP contribution in [0.3, 0.4) is 0 Å². The fourth-order valence-corrected chi connectivity index (χ4v) is 5.54. The van der Waals surface area contributed by atoms with E-state index in [1.54, 1.807) is 0 Å². The van der Waals surface area contributed by atoms with Crippen molar-refractivity contribution >= 4 is 50.5 Å². The molecule has 1 amide bonds. The quantitative estimate of drug-likeness (QED) is 0.277. The molecule has 36 heavy (non-hydrogen) atoms. The van der Waals surface area contributed by atoms with Crippen LogP contribution in [-0.2, 0) is 4.79 Å². The monoisotopic (exact) mass is 559 g/mol. The Labute approximate surface area is 224 Å². The number of aryl methyl sites for hydroxylation is 1. The second kappa shape index (κ2) is 9.87. The molecule has 2 N–H and O–H groups in total. The van der Waals surface area contributed by atoms with Crippen LogP contribution in [0.4, 0.5) is 11.4 Å².